The molecule has 0 bridgehead atoms. The van der Waals surface area contributed by atoms with E-state index in [0.29, 0.717) is 24.2 Å². The SMILES string of the molecule is CCOc1ccc(C(F)F)cc1C(C)C=O. The van der Waals surface area contributed by atoms with Crippen molar-refractivity contribution in [2.45, 2.75) is 26.2 Å². The number of halogens is 2. The molecule has 0 fully saturated rings. The second-order valence-electron chi connectivity index (χ2n) is 3.46. The zero-order chi connectivity index (χ0) is 12.1. The van der Waals surface area contributed by atoms with Gasteiger partial charge in [-0.15, -0.1) is 0 Å². The fourth-order valence-corrected chi connectivity index (χ4v) is 1.42. The van der Waals surface area contributed by atoms with Crippen LogP contribution in [0.25, 0.3) is 0 Å². The summed E-state index contributed by atoms with van der Waals surface area (Å²) in [5.41, 5.74) is 0.418. The van der Waals surface area contributed by atoms with Crippen LogP contribution in [-0.2, 0) is 4.79 Å². The van der Waals surface area contributed by atoms with E-state index in [1.165, 1.54) is 18.2 Å². The molecule has 0 N–H and O–H groups in total. The van der Waals surface area contributed by atoms with Gasteiger partial charge < -0.3 is 9.53 Å². The molecule has 2 nitrogen and oxygen atoms in total. The molecule has 0 amide bonds. The predicted molar refractivity (Wildman–Crippen MR) is 57.0 cm³/mol. The van der Waals surface area contributed by atoms with Crippen LogP contribution >= 0.6 is 0 Å². The quantitative estimate of drug-likeness (QED) is 0.722. The predicted octanol–water partition coefficient (Wildman–Crippen LogP) is 3.33. The molecule has 0 aliphatic rings. The van der Waals surface area contributed by atoms with Crippen LogP contribution in [0.1, 0.15) is 37.3 Å². The van der Waals surface area contributed by atoms with Gasteiger partial charge in [-0.3, -0.25) is 0 Å². The largest absolute Gasteiger partial charge is 0.494 e. The van der Waals surface area contributed by atoms with Crippen LogP contribution in [0.3, 0.4) is 0 Å². The first-order valence-corrected chi connectivity index (χ1v) is 5.10. The molecule has 0 aliphatic carbocycles. The number of alkyl halides is 2. The van der Waals surface area contributed by atoms with Crippen LogP contribution in [0, 0.1) is 0 Å². The standard InChI is InChI=1S/C12H14F2O2/c1-3-16-11-5-4-9(12(13)14)6-10(11)8(2)7-15/h4-8,12H,3H2,1-2H3. The molecule has 0 saturated heterocycles. The maximum absolute atomic E-state index is 12.5. The van der Waals surface area contributed by atoms with E-state index in [4.69, 9.17) is 4.74 Å². The van der Waals surface area contributed by atoms with E-state index in [1.54, 1.807) is 13.8 Å². The lowest BCUT2D eigenvalue weighted by molar-refractivity contribution is -0.108. The molecule has 1 atom stereocenters. The molecule has 1 aromatic carbocycles. The van der Waals surface area contributed by atoms with Gasteiger partial charge in [-0.25, -0.2) is 8.78 Å². The molecule has 1 rings (SSSR count). The molecular formula is C12H14F2O2. The molecule has 1 unspecified atom stereocenters. The highest BCUT2D eigenvalue weighted by Gasteiger charge is 2.15. The summed E-state index contributed by atoms with van der Waals surface area (Å²) >= 11 is 0. The first kappa shape index (κ1) is 12.6. The minimum Gasteiger partial charge on any atom is -0.494 e. The minimum absolute atomic E-state index is 0.0906. The number of hydrogen-bond acceptors (Lipinski definition) is 2. The Morgan fingerprint density at radius 1 is 1.44 bits per heavy atom. The Balaban J connectivity index is 3.15. The number of rotatable bonds is 5. The molecule has 0 saturated carbocycles. The number of aldehydes is 1. The topological polar surface area (TPSA) is 26.3 Å². The van der Waals surface area contributed by atoms with Gasteiger partial charge in [0.25, 0.3) is 6.43 Å². The molecule has 0 aliphatic heterocycles. The van der Waals surface area contributed by atoms with Crippen LogP contribution in [0.2, 0.25) is 0 Å². The van der Waals surface area contributed by atoms with Crippen molar-refractivity contribution in [2.24, 2.45) is 0 Å². The van der Waals surface area contributed by atoms with Crippen molar-refractivity contribution in [3.8, 4) is 5.75 Å². The lowest BCUT2D eigenvalue weighted by atomic mass is 9.99. The third kappa shape index (κ3) is 2.78. The molecule has 16 heavy (non-hydrogen) atoms. The highest BCUT2D eigenvalue weighted by Crippen LogP contribution is 2.30. The van der Waals surface area contributed by atoms with Crippen molar-refractivity contribution in [1.29, 1.82) is 0 Å². The van der Waals surface area contributed by atoms with E-state index in [0.717, 1.165) is 0 Å². The monoisotopic (exact) mass is 228 g/mol. The van der Waals surface area contributed by atoms with E-state index < -0.39 is 12.3 Å². The Morgan fingerprint density at radius 3 is 2.62 bits per heavy atom. The van der Waals surface area contributed by atoms with Gasteiger partial charge in [0.05, 0.1) is 6.61 Å². The molecule has 88 valence electrons. The van der Waals surface area contributed by atoms with Crippen molar-refractivity contribution in [3.63, 3.8) is 0 Å². The van der Waals surface area contributed by atoms with Gasteiger partial charge >= 0.3 is 0 Å². The Bertz CT molecular complexity index is 364. The fraction of sp³-hybridized carbons (Fsp3) is 0.417. The smallest absolute Gasteiger partial charge is 0.263 e. The summed E-state index contributed by atoms with van der Waals surface area (Å²) in [5.74, 6) is 0.0479. The van der Waals surface area contributed by atoms with Crippen LogP contribution < -0.4 is 4.74 Å². The van der Waals surface area contributed by atoms with Gasteiger partial charge in [0, 0.05) is 17.0 Å². The van der Waals surface area contributed by atoms with Gasteiger partial charge in [0.15, 0.2) is 0 Å². The average Bonchev–Trinajstić information content (AvgIpc) is 2.28. The summed E-state index contributed by atoms with van der Waals surface area (Å²) < 4.78 is 30.3. The summed E-state index contributed by atoms with van der Waals surface area (Å²) in [4.78, 5) is 10.7. The Morgan fingerprint density at radius 2 is 2.12 bits per heavy atom. The Labute approximate surface area is 93.2 Å². The third-order valence-electron chi connectivity index (χ3n) is 2.28. The van der Waals surface area contributed by atoms with Crippen molar-refractivity contribution in [1.82, 2.24) is 0 Å². The normalized spacial score (nSPS) is 12.6. The number of carbonyl (C=O) groups excluding carboxylic acids is 1. The number of ether oxygens (including phenoxy) is 1. The minimum atomic E-state index is -2.53. The first-order valence-electron chi connectivity index (χ1n) is 5.10. The molecule has 0 radical (unpaired) electrons. The van der Waals surface area contributed by atoms with E-state index >= 15 is 0 Å². The third-order valence-corrected chi connectivity index (χ3v) is 2.28. The summed E-state index contributed by atoms with van der Waals surface area (Å²) in [5, 5.41) is 0. The molecule has 0 heterocycles. The van der Waals surface area contributed by atoms with Crippen molar-refractivity contribution in [2.75, 3.05) is 6.61 Å². The van der Waals surface area contributed by atoms with E-state index in [2.05, 4.69) is 0 Å². The highest BCUT2D eigenvalue weighted by molar-refractivity contribution is 5.64. The van der Waals surface area contributed by atoms with Gasteiger partial charge in [0.1, 0.15) is 12.0 Å². The average molecular weight is 228 g/mol. The number of hydrogen-bond donors (Lipinski definition) is 0. The molecule has 1 aromatic rings. The van der Waals surface area contributed by atoms with Crippen molar-refractivity contribution >= 4 is 6.29 Å². The maximum Gasteiger partial charge on any atom is 0.263 e. The molecule has 0 spiro atoms. The number of benzene rings is 1. The van der Waals surface area contributed by atoms with Gasteiger partial charge in [-0.05, 0) is 25.1 Å². The van der Waals surface area contributed by atoms with Crippen LogP contribution in [0.4, 0.5) is 8.78 Å². The van der Waals surface area contributed by atoms with Crippen molar-refractivity contribution in [3.05, 3.63) is 29.3 Å². The zero-order valence-electron chi connectivity index (χ0n) is 9.24. The second-order valence-corrected chi connectivity index (χ2v) is 3.46. The van der Waals surface area contributed by atoms with Crippen LogP contribution in [0.15, 0.2) is 18.2 Å². The van der Waals surface area contributed by atoms with E-state index in [9.17, 15) is 13.6 Å². The lowest BCUT2D eigenvalue weighted by Crippen LogP contribution is -2.02. The second kappa shape index (κ2) is 5.58. The van der Waals surface area contributed by atoms with E-state index in [1.807, 2.05) is 0 Å². The highest BCUT2D eigenvalue weighted by atomic mass is 19.3. The summed E-state index contributed by atoms with van der Waals surface area (Å²) in [6.07, 6.45) is -1.82. The lowest BCUT2D eigenvalue weighted by Gasteiger charge is -2.13. The van der Waals surface area contributed by atoms with Crippen LogP contribution in [0.5, 0.6) is 5.75 Å². The molecule has 0 aromatic heterocycles. The molecular weight excluding hydrogens is 214 g/mol. The Kier molecular flexibility index (Phi) is 4.40. The molecule has 4 heteroatoms. The summed E-state index contributed by atoms with van der Waals surface area (Å²) in [7, 11) is 0. The zero-order valence-corrected chi connectivity index (χ0v) is 9.24. The van der Waals surface area contributed by atoms with Gasteiger partial charge in [-0.1, -0.05) is 6.92 Å². The number of carbonyl (C=O) groups is 1. The van der Waals surface area contributed by atoms with Crippen LogP contribution in [-0.4, -0.2) is 12.9 Å². The van der Waals surface area contributed by atoms with Crippen molar-refractivity contribution < 1.29 is 18.3 Å². The first-order chi connectivity index (χ1) is 7.60. The van der Waals surface area contributed by atoms with Gasteiger partial charge in [0.2, 0.25) is 0 Å². The van der Waals surface area contributed by atoms with E-state index in [-0.39, 0.29) is 5.56 Å². The Hall–Kier alpha value is -1.45. The summed E-state index contributed by atoms with van der Waals surface area (Å²) in [6, 6.07) is 4.13. The van der Waals surface area contributed by atoms with Gasteiger partial charge in [-0.2, -0.15) is 0 Å². The summed E-state index contributed by atoms with van der Waals surface area (Å²) in [6.45, 7) is 3.89. The fourth-order valence-electron chi connectivity index (χ4n) is 1.42. The maximum atomic E-state index is 12.5.